The maximum atomic E-state index is 12.7. The van der Waals surface area contributed by atoms with Gasteiger partial charge in [0.05, 0.1) is 16.8 Å². The standard InChI is InChI=1S/C13H4BrF6N3O/c14-8-2-7(12(15,16)17)1-6(4-21)11(8)23-5-22-9(3-10(23)24)13(18,19)20/h1-3,5H. The Hall–Kier alpha value is -2.35. The van der Waals surface area contributed by atoms with Gasteiger partial charge in [-0.3, -0.25) is 9.36 Å². The minimum Gasteiger partial charge on any atom is -0.269 e. The molecule has 0 spiro atoms. The second-order valence-corrected chi connectivity index (χ2v) is 5.30. The second-order valence-electron chi connectivity index (χ2n) is 4.44. The van der Waals surface area contributed by atoms with Gasteiger partial charge in [0, 0.05) is 10.5 Å². The van der Waals surface area contributed by atoms with Crippen LogP contribution in [0.2, 0.25) is 0 Å². The summed E-state index contributed by atoms with van der Waals surface area (Å²) in [5.74, 6) is 0. The molecule has 0 fully saturated rings. The fourth-order valence-corrected chi connectivity index (χ4v) is 2.47. The second kappa shape index (κ2) is 5.94. The molecule has 24 heavy (non-hydrogen) atoms. The van der Waals surface area contributed by atoms with E-state index in [1.165, 1.54) is 6.07 Å². The van der Waals surface area contributed by atoms with Gasteiger partial charge in [0.15, 0.2) is 5.69 Å². The third kappa shape index (κ3) is 3.43. The van der Waals surface area contributed by atoms with Crippen LogP contribution in [0.15, 0.2) is 33.8 Å². The number of rotatable bonds is 1. The highest BCUT2D eigenvalue weighted by Gasteiger charge is 2.34. The van der Waals surface area contributed by atoms with Crippen molar-refractivity contribution >= 4 is 15.9 Å². The van der Waals surface area contributed by atoms with Crippen LogP contribution in [0.25, 0.3) is 5.69 Å². The van der Waals surface area contributed by atoms with E-state index in [0.29, 0.717) is 23.0 Å². The van der Waals surface area contributed by atoms with Crippen molar-refractivity contribution < 1.29 is 26.3 Å². The number of alkyl halides is 6. The molecule has 11 heteroatoms. The number of nitriles is 1. The Morgan fingerprint density at radius 3 is 2.17 bits per heavy atom. The van der Waals surface area contributed by atoms with E-state index in [1.807, 2.05) is 0 Å². The van der Waals surface area contributed by atoms with Crippen molar-refractivity contribution in [1.29, 1.82) is 5.26 Å². The maximum Gasteiger partial charge on any atom is 0.433 e. The number of hydrogen-bond acceptors (Lipinski definition) is 3. The van der Waals surface area contributed by atoms with Crippen molar-refractivity contribution in [3.05, 3.63) is 56.2 Å². The quantitative estimate of drug-likeness (QED) is 0.668. The highest BCUT2D eigenvalue weighted by molar-refractivity contribution is 9.10. The number of nitrogens with zero attached hydrogens (tertiary/aromatic N) is 3. The van der Waals surface area contributed by atoms with E-state index >= 15 is 0 Å². The highest BCUT2D eigenvalue weighted by atomic mass is 79.9. The van der Waals surface area contributed by atoms with Gasteiger partial charge in [-0.1, -0.05) is 0 Å². The van der Waals surface area contributed by atoms with Crippen molar-refractivity contribution in [1.82, 2.24) is 9.55 Å². The summed E-state index contributed by atoms with van der Waals surface area (Å²) in [4.78, 5) is 14.9. The molecule has 0 aliphatic carbocycles. The summed E-state index contributed by atoms with van der Waals surface area (Å²) in [5, 5.41) is 9.02. The zero-order valence-electron chi connectivity index (χ0n) is 11.2. The molecule has 0 radical (unpaired) electrons. The molecule has 2 rings (SSSR count). The third-order valence-electron chi connectivity index (χ3n) is 2.85. The van der Waals surface area contributed by atoms with E-state index in [-0.39, 0.29) is 16.2 Å². The monoisotopic (exact) mass is 411 g/mol. The predicted octanol–water partition coefficient (Wildman–Crippen LogP) is 3.90. The van der Waals surface area contributed by atoms with Crippen LogP contribution in [0.3, 0.4) is 0 Å². The zero-order chi connectivity index (χ0) is 18.3. The highest BCUT2D eigenvalue weighted by Crippen LogP contribution is 2.35. The van der Waals surface area contributed by atoms with Crippen molar-refractivity contribution in [2.75, 3.05) is 0 Å². The summed E-state index contributed by atoms with van der Waals surface area (Å²) in [6.07, 6.45) is -9.09. The molecule has 0 N–H and O–H groups in total. The summed E-state index contributed by atoms with van der Waals surface area (Å²) in [7, 11) is 0. The van der Waals surface area contributed by atoms with Crippen LogP contribution in [0.1, 0.15) is 16.8 Å². The molecule has 0 atom stereocenters. The largest absolute Gasteiger partial charge is 0.433 e. The van der Waals surface area contributed by atoms with Gasteiger partial charge >= 0.3 is 12.4 Å². The Morgan fingerprint density at radius 1 is 1.08 bits per heavy atom. The molecule has 126 valence electrons. The van der Waals surface area contributed by atoms with Crippen LogP contribution in [-0.4, -0.2) is 9.55 Å². The van der Waals surface area contributed by atoms with E-state index in [9.17, 15) is 31.1 Å². The topological polar surface area (TPSA) is 58.7 Å². The van der Waals surface area contributed by atoms with Gasteiger partial charge in [0.1, 0.15) is 12.4 Å². The molecule has 0 saturated carbocycles. The molecule has 2 aromatic rings. The van der Waals surface area contributed by atoms with Crippen molar-refractivity contribution in [3.63, 3.8) is 0 Å². The molecular formula is C13H4BrF6N3O. The lowest BCUT2D eigenvalue weighted by molar-refractivity contribution is -0.141. The minimum absolute atomic E-state index is 0.186. The van der Waals surface area contributed by atoms with Crippen LogP contribution in [-0.2, 0) is 12.4 Å². The average Bonchev–Trinajstić information content (AvgIpc) is 2.45. The van der Waals surface area contributed by atoms with Crippen LogP contribution in [0.4, 0.5) is 26.3 Å². The zero-order valence-corrected chi connectivity index (χ0v) is 12.8. The van der Waals surface area contributed by atoms with Crippen molar-refractivity contribution in [2.24, 2.45) is 0 Å². The van der Waals surface area contributed by atoms with Crippen LogP contribution < -0.4 is 5.56 Å². The number of hydrogen-bond donors (Lipinski definition) is 0. The number of halogens is 7. The molecular weight excluding hydrogens is 408 g/mol. The molecule has 0 bridgehead atoms. The SMILES string of the molecule is N#Cc1cc(C(F)(F)F)cc(Br)c1-n1cnc(C(F)(F)F)cc1=O. The van der Waals surface area contributed by atoms with Gasteiger partial charge in [-0.05, 0) is 28.1 Å². The van der Waals surface area contributed by atoms with E-state index in [1.54, 1.807) is 0 Å². The first kappa shape index (κ1) is 18.0. The summed E-state index contributed by atoms with van der Waals surface area (Å²) >= 11 is 2.80. The Bertz CT molecular complexity index is 895. The first-order chi connectivity index (χ1) is 10.9. The Labute approximate surface area is 138 Å². The first-order valence-electron chi connectivity index (χ1n) is 5.92. The number of aromatic nitrogens is 2. The average molecular weight is 412 g/mol. The summed E-state index contributed by atoms with van der Waals surface area (Å²) in [6, 6.07) is 2.77. The Kier molecular flexibility index (Phi) is 4.45. The molecule has 0 saturated heterocycles. The van der Waals surface area contributed by atoms with Crippen molar-refractivity contribution in [3.8, 4) is 11.8 Å². The lowest BCUT2D eigenvalue weighted by atomic mass is 10.1. The van der Waals surface area contributed by atoms with Gasteiger partial charge < -0.3 is 0 Å². The Balaban J connectivity index is 2.70. The number of benzene rings is 1. The summed E-state index contributed by atoms with van der Waals surface area (Å²) < 4.78 is 76.0. The van der Waals surface area contributed by atoms with Gasteiger partial charge in [-0.25, -0.2) is 4.98 Å². The van der Waals surface area contributed by atoms with Crippen LogP contribution in [0.5, 0.6) is 0 Å². The van der Waals surface area contributed by atoms with Crippen molar-refractivity contribution in [2.45, 2.75) is 12.4 Å². The van der Waals surface area contributed by atoms with E-state index in [0.717, 1.165) is 0 Å². The minimum atomic E-state index is -4.85. The van der Waals surface area contributed by atoms with Gasteiger partial charge in [0.25, 0.3) is 5.56 Å². The third-order valence-corrected chi connectivity index (χ3v) is 3.46. The van der Waals surface area contributed by atoms with Gasteiger partial charge in [0.2, 0.25) is 0 Å². The normalized spacial score (nSPS) is 12.1. The molecule has 1 aromatic carbocycles. The summed E-state index contributed by atoms with van der Waals surface area (Å²) in [6.45, 7) is 0. The molecule has 0 aliphatic heterocycles. The van der Waals surface area contributed by atoms with Crippen LogP contribution >= 0.6 is 15.9 Å². The fourth-order valence-electron chi connectivity index (χ4n) is 1.82. The molecule has 0 unspecified atom stereocenters. The van der Waals surface area contributed by atoms with E-state index in [2.05, 4.69) is 20.9 Å². The predicted molar refractivity (Wildman–Crippen MR) is 72.3 cm³/mol. The van der Waals surface area contributed by atoms with Crippen LogP contribution in [0, 0.1) is 11.3 Å². The molecule has 1 heterocycles. The van der Waals surface area contributed by atoms with E-state index in [4.69, 9.17) is 5.26 Å². The Morgan fingerprint density at radius 2 is 1.71 bits per heavy atom. The smallest absolute Gasteiger partial charge is 0.269 e. The fraction of sp³-hybridized carbons (Fsp3) is 0.154. The lowest BCUT2D eigenvalue weighted by Gasteiger charge is -2.14. The molecule has 1 aromatic heterocycles. The summed E-state index contributed by atoms with van der Waals surface area (Å²) in [5.41, 5.74) is -4.70. The molecule has 0 aliphatic rings. The maximum absolute atomic E-state index is 12.7. The lowest BCUT2D eigenvalue weighted by Crippen LogP contribution is -2.23. The van der Waals surface area contributed by atoms with Gasteiger partial charge in [-0.2, -0.15) is 31.6 Å². The molecule has 0 amide bonds. The first-order valence-corrected chi connectivity index (χ1v) is 6.71. The van der Waals surface area contributed by atoms with E-state index < -0.39 is 34.7 Å². The molecule has 4 nitrogen and oxygen atoms in total. The van der Waals surface area contributed by atoms with Gasteiger partial charge in [-0.15, -0.1) is 0 Å².